The fourth-order valence-corrected chi connectivity index (χ4v) is 4.51. The molecule has 0 bridgehead atoms. The monoisotopic (exact) mass is 449 g/mol. The maximum absolute atomic E-state index is 12.5. The Bertz CT molecular complexity index is 1120. The number of imidazole rings is 1. The summed E-state index contributed by atoms with van der Waals surface area (Å²) >= 11 is 2.17. The highest BCUT2D eigenvalue weighted by Crippen LogP contribution is 2.34. The van der Waals surface area contributed by atoms with E-state index in [1.807, 2.05) is 12.1 Å². The predicted molar refractivity (Wildman–Crippen MR) is 114 cm³/mol. The third-order valence-corrected chi connectivity index (χ3v) is 6.23. The summed E-state index contributed by atoms with van der Waals surface area (Å²) in [4.78, 5) is 44.3. The van der Waals surface area contributed by atoms with Gasteiger partial charge in [-0.1, -0.05) is 11.8 Å². The quantitative estimate of drug-likeness (QED) is 0.417. The van der Waals surface area contributed by atoms with E-state index in [2.05, 4.69) is 15.3 Å². The number of H-pyrrole nitrogens is 1. The normalized spacial score (nSPS) is 10.7. The van der Waals surface area contributed by atoms with E-state index in [0.717, 1.165) is 22.4 Å². The summed E-state index contributed by atoms with van der Waals surface area (Å²) in [6, 6.07) is 5.44. The van der Waals surface area contributed by atoms with Crippen LogP contribution in [0.1, 0.15) is 25.6 Å². The van der Waals surface area contributed by atoms with Crippen LogP contribution in [0.3, 0.4) is 0 Å². The van der Waals surface area contributed by atoms with Crippen LogP contribution in [0.2, 0.25) is 0 Å². The lowest BCUT2D eigenvalue weighted by molar-refractivity contribution is -0.113. The minimum atomic E-state index is -0.645. The van der Waals surface area contributed by atoms with Crippen molar-refractivity contribution in [3.8, 4) is 5.75 Å². The number of thiophene rings is 1. The Labute approximate surface area is 180 Å². The molecule has 0 aliphatic heterocycles. The number of aromatic amines is 1. The van der Waals surface area contributed by atoms with Crippen molar-refractivity contribution in [1.82, 2.24) is 9.97 Å². The zero-order chi connectivity index (χ0) is 21.8. The number of rotatable bonds is 7. The number of hydrogen-bond acceptors (Lipinski definition) is 9. The van der Waals surface area contributed by atoms with Crippen LogP contribution in [0, 0.1) is 6.92 Å². The molecule has 0 unspecified atom stereocenters. The van der Waals surface area contributed by atoms with Crippen molar-refractivity contribution in [2.75, 3.05) is 32.4 Å². The molecule has 0 atom stereocenters. The highest BCUT2D eigenvalue weighted by Gasteiger charge is 2.26. The van der Waals surface area contributed by atoms with Crippen LogP contribution in [0.4, 0.5) is 5.00 Å². The number of aromatic nitrogens is 2. The van der Waals surface area contributed by atoms with Crippen molar-refractivity contribution in [3.05, 3.63) is 34.2 Å². The first-order valence-electron chi connectivity index (χ1n) is 8.64. The van der Waals surface area contributed by atoms with Crippen LogP contribution in [-0.4, -0.2) is 54.9 Å². The molecule has 0 saturated carbocycles. The van der Waals surface area contributed by atoms with Gasteiger partial charge in [0.1, 0.15) is 15.6 Å². The summed E-state index contributed by atoms with van der Waals surface area (Å²) in [6.07, 6.45) is 0. The van der Waals surface area contributed by atoms with Crippen molar-refractivity contribution in [3.63, 3.8) is 0 Å². The van der Waals surface area contributed by atoms with E-state index in [-0.39, 0.29) is 27.1 Å². The molecule has 11 heteroatoms. The first-order valence-corrected chi connectivity index (χ1v) is 10.4. The fraction of sp³-hybridized carbons (Fsp3) is 0.263. The third-order valence-electron chi connectivity index (χ3n) is 4.17. The second kappa shape index (κ2) is 9.18. The molecule has 0 spiro atoms. The van der Waals surface area contributed by atoms with Crippen LogP contribution in [0.5, 0.6) is 5.75 Å². The number of nitrogens with zero attached hydrogens (tertiary/aromatic N) is 1. The van der Waals surface area contributed by atoms with Crippen LogP contribution in [0.15, 0.2) is 23.4 Å². The number of esters is 2. The summed E-state index contributed by atoms with van der Waals surface area (Å²) in [5.41, 5.74) is 2.08. The molecule has 3 aromatic rings. The Balaban J connectivity index is 1.74. The number of anilines is 1. The Morgan fingerprint density at radius 2 is 1.90 bits per heavy atom. The number of nitrogens with one attached hydrogen (secondary N) is 2. The van der Waals surface area contributed by atoms with Gasteiger partial charge in [0.25, 0.3) is 0 Å². The van der Waals surface area contributed by atoms with Gasteiger partial charge in [-0.3, -0.25) is 4.79 Å². The van der Waals surface area contributed by atoms with Crippen LogP contribution in [-0.2, 0) is 14.3 Å². The molecule has 3 rings (SSSR count). The molecule has 0 aliphatic rings. The largest absolute Gasteiger partial charge is 0.497 e. The first kappa shape index (κ1) is 21.7. The number of fused-ring (bicyclic) bond motifs is 1. The van der Waals surface area contributed by atoms with Crippen molar-refractivity contribution in [2.45, 2.75) is 12.1 Å². The van der Waals surface area contributed by atoms with Gasteiger partial charge in [0.15, 0.2) is 5.16 Å². The molecule has 1 aromatic carbocycles. The number of methoxy groups -OCH3 is 3. The number of carbonyl (C=O) groups is 3. The maximum Gasteiger partial charge on any atom is 0.348 e. The molecule has 0 aliphatic carbocycles. The first-order chi connectivity index (χ1) is 14.4. The van der Waals surface area contributed by atoms with Gasteiger partial charge in [0.05, 0.1) is 43.7 Å². The van der Waals surface area contributed by atoms with E-state index in [1.165, 1.54) is 26.0 Å². The van der Waals surface area contributed by atoms with E-state index in [0.29, 0.717) is 16.5 Å². The molecule has 2 aromatic heterocycles. The molecule has 2 N–H and O–H groups in total. The summed E-state index contributed by atoms with van der Waals surface area (Å²) in [5.74, 6) is -0.850. The summed E-state index contributed by atoms with van der Waals surface area (Å²) in [5, 5.41) is 3.48. The Kier molecular flexibility index (Phi) is 6.63. The minimum absolute atomic E-state index is 0.0437. The molecule has 0 radical (unpaired) electrons. The molecule has 0 saturated heterocycles. The molecule has 0 fully saturated rings. The lowest BCUT2D eigenvalue weighted by Gasteiger charge is -2.05. The molecule has 30 heavy (non-hydrogen) atoms. The zero-order valence-corrected chi connectivity index (χ0v) is 18.3. The number of benzene rings is 1. The van der Waals surface area contributed by atoms with Crippen molar-refractivity contribution in [1.29, 1.82) is 0 Å². The average molecular weight is 450 g/mol. The second-order valence-corrected chi connectivity index (χ2v) is 7.99. The van der Waals surface area contributed by atoms with E-state index < -0.39 is 11.9 Å². The zero-order valence-electron chi connectivity index (χ0n) is 16.7. The molecule has 1 amide bonds. The van der Waals surface area contributed by atoms with Gasteiger partial charge in [-0.15, -0.1) is 11.3 Å². The lowest BCUT2D eigenvalue weighted by atomic mass is 10.1. The Hall–Kier alpha value is -3.05. The van der Waals surface area contributed by atoms with E-state index in [9.17, 15) is 14.4 Å². The van der Waals surface area contributed by atoms with Gasteiger partial charge in [-0.05, 0) is 24.6 Å². The molecular formula is C19H19N3O6S2. The number of amides is 1. The lowest BCUT2D eigenvalue weighted by Crippen LogP contribution is -2.16. The highest BCUT2D eigenvalue weighted by molar-refractivity contribution is 7.99. The van der Waals surface area contributed by atoms with Gasteiger partial charge in [0.2, 0.25) is 5.91 Å². The van der Waals surface area contributed by atoms with E-state index in [1.54, 1.807) is 20.1 Å². The summed E-state index contributed by atoms with van der Waals surface area (Å²) in [7, 11) is 4.06. The molecule has 158 valence electrons. The minimum Gasteiger partial charge on any atom is -0.497 e. The van der Waals surface area contributed by atoms with Crippen LogP contribution >= 0.6 is 23.1 Å². The fourth-order valence-electron chi connectivity index (χ4n) is 2.69. The van der Waals surface area contributed by atoms with Gasteiger partial charge in [-0.25, -0.2) is 14.6 Å². The van der Waals surface area contributed by atoms with Crippen molar-refractivity contribution >= 4 is 57.0 Å². The van der Waals surface area contributed by atoms with E-state index >= 15 is 0 Å². The third kappa shape index (κ3) is 4.41. The smallest absolute Gasteiger partial charge is 0.348 e. The Morgan fingerprint density at radius 3 is 2.57 bits per heavy atom. The van der Waals surface area contributed by atoms with Gasteiger partial charge < -0.3 is 24.5 Å². The van der Waals surface area contributed by atoms with E-state index in [4.69, 9.17) is 14.2 Å². The molecule has 2 heterocycles. The second-order valence-electron chi connectivity index (χ2n) is 6.01. The Morgan fingerprint density at radius 1 is 1.17 bits per heavy atom. The van der Waals surface area contributed by atoms with Gasteiger partial charge in [0, 0.05) is 6.07 Å². The van der Waals surface area contributed by atoms with Gasteiger partial charge in [-0.2, -0.15) is 0 Å². The van der Waals surface area contributed by atoms with Gasteiger partial charge >= 0.3 is 11.9 Å². The molecule has 9 nitrogen and oxygen atoms in total. The topological polar surface area (TPSA) is 120 Å². The van der Waals surface area contributed by atoms with Crippen LogP contribution in [0.25, 0.3) is 11.0 Å². The number of hydrogen-bond donors (Lipinski definition) is 2. The van der Waals surface area contributed by atoms with Crippen molar-refractivity contribution in [2.24, 2.45) is 0 Å². The highest BCUT2D eigenvalue weighted by atomic mass is 32.2. The summed E-state index contributed by atoms with van der Waals surface area (Å²) in [6.45, 7) is 1.60. The standard InChI is InChI=1S/C19H19N3O6S2/c1-9-14(17(24)27-3)16(30-15(9)18(25)28-4)22-13(23)8-29-19-20-11-6-5-10(26-2)7-12(11)21-19/h5-7H,8H2,1-4H3,(H,20,21)(H,22,23). The van der Waals surface area contributed by atoms with Crippen LogP contribution < -0.4 is 10.1 Å². The average Bonchev–Trinajstić information content (AvgIpc) is 3.30. The number of ether oxygens (including phenoxy) is 3. The predicted octanol–water partition coefficient (Wildman–Crippen LogP) is 3.25. The molecular weight excluding hydrogens is 430 g/mol. The SMILES string of the molecule is COC(=O)c1sc(NC(=O)CSc2nc3ccc(OC)cc3[nH]2)c(C(=O)OC)c1C. The van der Waals surface area contributed by atoms with Crippen molar-refractivity contribution < 1.29 is 28.6 Å². The summed E-state index contributed by atoms with van der Waals surface area (Å²) < 4.78 is 14.7. The maximum atomic E-state index is 12.5. The number of carbonyl (C=O) groups excluding carboxylic acids is 3. The number of thioether (sulfide) groups is 1.